The summed E-state index contributed by atoms with van der Waals surface area (Å²) in [5.74, 6) is -5.72. The maximum atomic E-state index is 12.0. The minimum atomic E-state index is -3.97. The molecular weight excluding hydrogens is 616 g/mol. The Balaban J connectivity index is 1.96. The summed E-state index contributed by atoms with van der Waals surface area (Å²) in [5.41, 5.74) is -0.322. The molecule has 29 heavy (non-hydrogen) atoms. The molecule has 0 saturated carbocycles. The molecule has 0 aromatic heterocycles. The topological polar surface area (TPSA) is 158 Å². The predicted octanol–water partition coefficient (Wildman–Crippen LogP) is -0.919. The molecule has 154 valence electrons. The number of rotatable bonds is 4. The van der Waals surface area contributed by atoms with Crippen molar-refractivity contribution < 1.29 is 46.9 Å². The van der Waals surface area contributed by atoms with E-state index in [-0.39, 0.29) is 16.7 Å². The zero-order chi connectivity index (χ0) is 21.7. The molecule has 2 heterocycles. The van der Waals surface area contributed by atoms with Crippen LogP contribution >= 0.6 is 0 Å². The Hall–Kier alpha value is -2.32. The zero-order valence-corrected chi connectivity index (χ0v) is 20.1. The van der Waals surface area contributed by atoms with E-state index in [0.29, 0.717) is 6.08 Å². The summed E-state index contributed by atoms with van der Waals surface area (Å²) in [4.78, 5) is 70.0. The van der Waals surface area contributed by atoms with E-state index in [4.69, 9.17) is 18.1 Å². The SMILES string of the molecule is CC1=CC(=O)[O][Sb]([O]C(=O)/C=C(/C)C(=O)[O][Sb]2[O]C(=O)C=C(C)C(=O)[O]2)[O]C1=O. The Morgan fingerprint density at radius 3 is 1.76 bits per heavy atom. The first-order valence-electron chi connectivity index (χ1n) is 7.53. The summed E-state index contributed by atoms with van der Waals surface area (Å²) < 4.78 is 28.8. The van der Waals surface area contributed by atoms with Crippen LogP contribution in [0, 0.1) is 0 Å². The minimum absolute atomic E-state index is 0.0161. The van der Waals surface area contributed by atoms with Gasteiger partial charge < -0.3 is 0 Å². The van der Waals surface area contributed by atoms with E-state index in [1.54, 1.807) is 0 Å². The molecule has 0 spiro atoms. The fourth-order valence-corrected chi connectivity index (χ4v) is 6.28. The predicted molar refractivity (Wildman–Crippen MR) is 89.3 cm³/mol. The molecule has 2 aliphatic rings. The van der Waals surface area contributed by atoms with Gasteiger partial charge >= 0.3 is 181 Å². The Morgan fingerprint density at radius 1 is 0.828 bits per heavy atom. The molecular formula is C15H12O12Sb2. The van der Waals surface area contributed by atoms with Gasteiger partial charge in [-0.05, 0) is 0 Å². The van der Waals surface area contributed by atoms with Crippen LogP contribution in [0.2, 0.25) is 0 Å². The molecule has 2 aliphatic heterocycles. The average Bonchev–Trinajstić information content (AvgIpc) is 2.79. The number of carbonyl (C=O) groups excluding carboxylic acids is 6. The first-order valence-corrected chi connectivity index (χ1v) is 13.8. The molecule has 0 fully saturated rings. The van der Waals surface area contributed by atoms with Gasteiger partial charge in [-0.3, -0.25) is 0 Å². The molecule has 0 amide bonds. The van der Waals surface area contributed by atoms with Crippen LogP contribution in [0.4, 0.5) is 0 Å². The molecule has 0 atom stereocenters. The van der Waals surface area contributed by atoms with Crippen molar-refractivity contribution in [2.24, 2.45) is 0 Å². The third-order valence-corrected chi connectivity index (χ3v) is 8.45. The van der Waals surface area contributed by atoms with Gasteiger partial charge in [0.1, 0.15) is 0 Å². The van der Waals surface area contributed by atoms with Gasteiger partial charge in [0.05, 0.1) is 0 Å². The van der Waals surface area contributed by atoms with Gasteiger partial charge in [0.15, 0.2) is 0 Å². The second-order valence-corrected chi connectivity index (χ2v) is 11.0. The van der Waals surface area contributed by atoms with Gasteiger partial charge in [-0.15, -0.1) is 0 Å². The third kappa shape index (κ3) is 6.90. The van der Waals surface area contributed by atoms with Crippen molar-refractivity contribution in [3.8, 4) is 0 Å². The number of hydrogen-bond donors (Lipinski definition) is 0. The average molecular weight is 628 g/mol. The second-order valence-electron chi connectivity index (χ2n) is 5.30. The standard InChI is InChI=1S/3C5H6O4.2Sb/c3*1-3(5(8)9)2-4(6)7;;/h3*2H,1H3,(H,6,7)(H,8,9);;/q;;;2*+3/p-6/b3-2-;;;;. The Morgan fingerprint density at radius 2 is 1.28 bits per heavy atom. The Labute approximate surface area is 180 Å². The molecule has 2 rings (SSSR count). The normalized spacial score (nSPS) is 18.8. The van der Waals surface area contributed by atoms with Crippen LogP contribution in [-0.4, -0.2) is 78.8 Å². The van der Waals surface area contributed by atoms with Crippen molar-refractivity contribution in [2.75, 3.05) is 0 Å². The molecule has 0 N–H and O–H groups in total. The molecule has 12 nitrogen and oxygen atoms in total. The van der Waals surface area contributed by atoms with Gasteiger partial charge in [0.25, 0.3) is 0 Å². The van der Waals surface area contributed by atoms with Crippen molar-refractivity contribution in [3.05, 3.63) is 34.9 Å². The van der Waals surface area contributed by atoms with Gasteiger partial charge in [-0.25, -0.2) is 0 Å². The van der Waals surface area contributed by atoms with Crippen LogP contribution in [0.15, 0.2) is 34.9 Å². The van der Waals surface area contributed by atoms with Gasteiger partial charge in [0.2, 0.25) is 0 Å². The van der Waals surface area contributed by atoms with E-state index in [0.717, 1.165) is 12.2 Å². The molecule has 14 heteroatoms. The van der Waals surface area contributed by atoms with E-state index < -0.39 is 78.8 Å². The van der Waals surface area contributed by atoms with Crippen LogP contribution in [0.1, 0.15) is 20.8 Å². The van der Waals surface area contributed by atoms with E-state index in [1.165, 1.54) is 20.8 Å². The van der Waals surface area contributed by atoms with E-state index in [1.807, 2.05) is 0 Å². The second kappa shape index (κ2) is 9.93. The van der Waals surface area contributed by atoms with Crippen molar-refractivity contribution in [1.82, 2.24) is 0 Å². The fraction of sp³-hybridized carbons (Fsp3) is 0.200. The van der Waals surface area contributed by atoms with E-state index >= 15 is 0 Å². The van der Waals surface area contributed by atoms with Crippen molar-refractivity contribution >= 4 is 78.8 Å². The summed E-state index contributed by atoms with van der Waals surface area (Å²) in [6, 6.07) is 0. The molecule has 0 radical (unpaired) electrons. The van der Waals surface area contributed by atoms with Gasteiger partial charge in [0, 0.05) is 0 Å². The summed E-state index contributed by atoms with van der Waals surface area (Å²) in [6.07, 6.45) is 2.50. The zero-order valence-electron chi connectivity index (χ0n) is 15.0. The monoisotopic (exact) mass is 626 g/mol. The molecule has 0 aliphatic carbocycles. The van der Waals surface area contributed by atoms with Crippen molar-refractivity contribution in [3.63, 3.8) is 0 Å². The van der Waals surface area contributed by atoms with Crippen LogP contribution < -0.4 is 0 Å². The molecule has 0 unspecified atom stereocenters. The third-order valence-electron chi connectivity index (χ3n) is 2.93. The molecule has 0 aromatic rings. The Kier molecular flexibility index (Phi) is 7.86. The van der Waals surface area contributed by atoms with Crippen LogP contribution in [0.5, 0.6) is 0 Å². The van der Waals surface area contributed by atoms with Crippen LogP contribution in [0.3, 0.4) is 0 Å². The van der Waals surface area contributed by atoms with Gasteiger partial charge in [-0.1, -0.05) is 0 Å². The first-order chi connectivity index (χ1) is 13.5. The van der Waals surface area contributed by atoms with Crippen molar-refractivity contribution in [1.29, 1.82) is 0 Å². The number of carbonyl (C=O) groups is 6. The quantitative estimate of drug-likeness (QED) is 0.279. The Bertz CT molecular complexity index is 884. The van der Waals surface area contributed by atoms with Crippen molar-refractivity contribution in [2.45, 2.75) is 20.8 Å². The summed E-state index contributed by atoms with van der Waals surface area (Å²) in [6.45, 7) is 3.83. The van der Waals surface area contributed by atoms with E-state index in [9.17, 15) is 28.8 Å². The summed E-state index contributed by atoms with van der Waals surface area (Å²) >= 11 is -7.93. The van der Waals surface area contributed by atoms with Crippen LogP contribution in [-0.2, 0) is 46.9 Å². The fourth-order valence-electron chi connectivity index (χ4n) is 1.54. The first kappa shape index (κ1) is 23.0. The summed E-state index contributed by atoms with van der Waals surface area (Å²) in [7, 11) is 0. The maximum absolute atomic E-state index is 12.0. The number of hydrogen-bond acceptors (Lipinski definition) is 12. The summed E-state index contributed by atoms with van der Waals surface area (Å²) in [5, 5.41) is 0. The molecule has 0 saturated heterocycles. The van der Waals surface area contributed by atoms with E-state index in [2.05, 4.69) is 0 Å². The van der Waals surface area contributed by atoms with Crippen LogP contribution in [0.25, 0.3) is 0 Å². The molecule has 0 bridgehead atoms. The van der Waals surface area contributed by atoms with Gasteiger partial charge in [-0.2, -0.15) is 0 Å². The molecule has 0 aromatic carbocycles.